The Balaban J connectivity index is 2.16. The minimum Gasteiger partial charge on any atom is -0.493 e. The van der Waals surface area contributed by atoms with Crippen LogP contribution in [0.4, 0.5) is 0 Å². The minimum absolute atomic E-state index is 0.137. The lowest BCUT2D eigenvalue weighted by Crippen LogP contribution is -2.02. The van der Waals surface area contributed by atoms with Gasteiger partial charge in [0, 0.05) is 6.61 Å². The van der Waals surface area contributed by atoms with Crippen LogP contribution in [0.5, 0.6) is 11.5 Å². The van der Waals surface area contributed by atoms with E-state index in [-0.39, 0.29) is 6.61 Å². The molecule has 1 saturated carbocycles. The number of aliphatic hydroxyl groups excluding tert-OH is 1. The number of halogens is 1. The minimum atomic E-state index is 0.137. The number of hydrogen-bond donors (Lipinski definition) is 1. The Morgan fingerprint density at radius 2 is 2.18 bits per heavy atom. The topological polar surface area (TPSA) is 38.7 Å². The Morgan fingerprint density at radius 1 is 1.41 bits per heavy atom. The lowest BCUT2D eigenvalue weighted by atomic mass is 10.1. The summed E-state index contributed by atoms with van der Waals surface area (Å²) in [5.74, 6) is 2.20. The number of methoxy groups -OCH3 is 1. The van der Waals surface area contributed by atoms with Gasteiger partial charge in [0.1, 0.15) is 0 Å². The molecule has 1 fully saturated rings. The SMILES string of the molecule is COc1cc(CCO)cc(Br)c1OCC1CC1. The first-order chi connectivity index (χ1) is 8.24. The summed E-state index contributed by atoms with van der Waals surface area (Å²) in [6.45, 7) is 0.895. The molecule has 0 saturated heterocycles. The van der Waals surface area contributed by atoms with Crippen LogP contribution >= 0.6 is 15.9 Å². The zero-order valence-corrected chi connectivity index (χ0v) is 11.5. The normalized spacial score (nSPS) is 14.8. The summed E-state index contributed by atoms with van der Waals surface area (Å²) in [6.07, 6.45) is 3.16. The Bertz CT molecular complexity index is 388. The van der Waals surface area contributed by atoms with Crippen molar-refractivity contribution in [3.63, 3.8) is 0 Å². The monoisotopic (exact) mass is 300 g/mol. The molecule has 1 aromatic rings. The van der Waals surface area contributed by atoms with Crippen LogP contribution in [0.2, 0.25) is 0 Å². The predicted octanol–water partition coefficient (Wildman–Crippen LogP) is 2.78. The van der Waals surface area contributed by atoms with Crippen molar-refractivity contribution in [3.05, 3.63) is 22.2 Å². The molecule has 1 N–H and O–H groups in total. The van der Waals surface area contributed by atoms with Crippen LogP contribution < -0.4 is 9.47 Å². The van der Waals surface area contributed by atoms with E-state index in [1.165, 1.54) is 12.8 Å². The van der Waals surface area contributed by atoms with Gasteiger partial charge >= 0.3 is 0 Å². The van der Waals surface area contributed by atoms with E-state index in [0.29, 0.717) is 12.3 Å². The van der Waals surface area contributed by atoms with Crippen LogP contribution in [0.25, 0.3) is 0 Å². The quantitative estimate of drug-likeness (QED) is 0.878. The number of rotatable bonds is 6. The molecule has 17 heavy (non-hydrogen) atoms. The standard InChI is InChI=1S/C13H17BrO3/c1-16-12-7-10(4-5-15)6-11(14)13(12)17-8-9-2-3-9/h6-7,9,15H,2-5,8H2,1H3. The van der Waals surface area contributed by atoms with Crippen molar-refractivity contribution in [3.8, 4) is 11.5 Å². The van der Waals surface area contributed by atoms with E-state index in [1.807, 2.05) is 12.1 Å². The van der Waals surface area contributed by atoms with E-state index >= 15 is 0 Å². The molecule has 1 aliphatic carbocycles. The van der Waals surface area contributed by atoms with E-state index in [2.05, 4.69) is 15.9 Å². The van der Waals surface area contributed by atoms with Gasteiger partial charge in [-0.1, -0.05) is 0 Å². The van der Waals surface area contributed by atoms with Gasteiger partial charge in [-0.2, -0.15) is 0 Å². The molecule has 0 unspecified atom stereocenters. The van der Waals surface area contributed by atoms with Gasteiger partial charge in [0.25, 0.3) is 0 Å². The molecule has 0 radical (unpaired) electrons. The van der Waals surface area contributed by atoms with Gasteiger partial charge in [-0.25, -0.2) is 0 Å². The fraction of sp³-hybridized carbons (Fsp3) is 0.538. The summed E-state index contributed by atoms with van der Waals surface area (Å²) in [4.78, 5) is 0. The second kappa shape index (κ2) is 5.74. The Morgan fingerprint density at radius 3 is 2.76 bits per heavy atom. The highest BCUT2D eigenvalue weighted by molar-refractivity contribution is 9.10. The highest BCUT2D eigenvalue weighted by Gasteiger charge is 2.23. The molecule has 0 atom stereocenters. The number of hydrogen-bond acceptors (Lipinski definition) is 3. The second-order valence-corrected chi connectivity index (χ2v) is 5.19. The van der Waals surface area contributed by atoms with Crippen molar-refractivity contribution in [1.29, 1.82) is 0 Å². The lowest BCUT2D eigenvalue weighted by molar-refractivity contribution is 0.277. The smallest absolute Gasteiger partial charge is 0.175 e. The first-order valence-electron chi connectivity index (χ1n) is 5.84. The molecular weight excluding hydrogens is 284 g/mol. The molecule has 3 nitrogen and oxygen atoms in total. The average Bonchev–Trinajstić information content (AvgIpc) is 3.11. The summed E-state index contributed by atoms with van der Waals surface area (Å²) in [7, 11) is 1.63. The van der Waals surface area contributed by atoms with Crippen LogP contribution in [-0.4, -0.2) is 25.4 Å². The average molecular weight is 301 g/mol. The molecule has 0 spiro atoms. The molecular formula is C13H17BrO3. The maximum absolute atomic E-state index is 8.94. The molecule has 0 aromatic heterocycles. The van der Waals surface area contributed by atoms with Crippen molar-refractivity contribution in [2.75, 3.05) is 20.3 Å². The molecule has 0 aliphatic heterocycles. The van der Waals surface area contributed by atoms with Gasteiger partial charge in [0.05, 0.1) is 18.2 Å². The molecule has 0 bridgehead atoms. The summed E-state index contributed by atoms with van der Waals surface area (Å²) in [6, 6.07) is 3.89. The van der Waals surface area contributed by atoms with Gasteiger partial charge in [-0.15, -0.1) is 0 Å². The van der Waals surface area contributed by atoms with Crippen molar-refractivity contribution in [2.45, 2.75) is 19.3 Å². The lowest BCUT2D eigenvalue weighted by Gasteiger charge is -2.14. The van der Waals surface area contributed by atoms with Gasteiger partial charge in [0.2, 0.25) is 0 Å². The predicted molar refractivity (Wildman–Crippen MR) is 69.7 cm³/mol. The van der Waals surface area contributed by atoms with Crippen LogP contribution in [0.15, 0.2) is 16.6 Å². The van der Waals surface area contributed by atoms with Gasteiger partial charge in [0.15, 0.2) is 11.5 Å². The van der Waals surface area contributed by atoms with E-state index < -0.39 is 0 Å². The number of ether oxygens (including phenoxy) is 2. The van der Waals surface area contributed by atoms with E-state index in [1.54, 1.807) is 7.11 Å². The van der Waals surface area contributed by atoms with Crippen LogP contribution in [0, 0.1) is 5.92 Å². The highest BCUT2D eigenvalue weighted by Crippen LogP contribution is 2.38. The zero-order chi connectivity index (χ0) is 12.3. The van der Waals surface area contributed by atoms with Crippen molar-refractivity contribution in [1.82, 2.24) is 0 Å². The van der Waals surface area contributed by atoms with Crippen LogP contribution in [0.3, 0.4) is 0 Å². The fourth-order valence-electron chi connectivity index (χ4n) is 1.67. The first-order valence-corrected chi connectivity index (χ1v) is 6.64. The Labute approximate surface area is 110 Å². The molecule has 1 aromatic carbocycles. The fourth-order valence-corrected chi connectivity index (χ4v) is 2.28. The summed E-state index contributed by atoms with van der Waals surface area (Å²) in [5, 5.41) is 8.94. The third kappa shape index (κ3) is 3.36. The molecule has 1 aliphatic rings. The van der Waals surface area contributed by atoms with Gasteiger partial charge in [-0.3, -0.25) is 0 Å². The first kappa shape index (κ1) is 12.7. The second-order valence-electron chi connectivity index (χ2n) is 4.34. The zero-order valence-electron chi connectivity index (χ0n) is 9.91. The summed E-state index contributed by atoms with van der Waals surface area (Å²) >= 11 is 3.49. The summed E-state index contributed by atoms with van der Waals surface area (Å²) < 4.78 is 12.0. The van der Waals surface area contributed by atoms with Crippen LogP contribution in [0.1, 0.15) is 18.4 Å². The maximum Gasteiger partial charge on any atom is 0.175 e. The van der Waals surface area contributed by atoms with Crippen molar-refractivity contribution in [2.24, 2.45) is 5.92 Å². The van der Waals surface area contributed by atoms with Crippen molar-refractivity contribution < 1.29 is 14.6 Å². The van der Waals surface area contributed by atoms with Crippen molar-refractivity contribution >= 4 is 15.9 Å². The molecule has 4 heteroatoms. The Hall–Kier alpha value is -0.740. The van der Waals surface area contributed by atoms with Gasteiger partial charge in [-0.05, 0) is 58.8 Å². The molecule has 94 valence electrons. The molecule has 0 heterocycles. The number of benzene rings is 1. The van der Waals surface area contributed by atoms with E-state index in [0.717, 1.165) is 28.1 Å². The molecule has 0 amide bonds. The summed E-state index contributed by atoms with van der Waals surface area (Å²) in [5.41, 5.74) is 1.04. The third-order valence-electron chi connectivity index (χ3n) is 2.85. The number of aliphatic hydroxyl groups is 1. The third-order valence-corrected chi connectivity index (χ3v) is 3.44. The van der Waals surface area contributed by atoms with Crippen LogP contribution in [-0.2, 0) is 6.42 Å². The highest BCUT2D eigenvalue weighted by atomic mass is 79.9. The molecule has 2 rings (SSSR count). The maximum atomic E-state index is 8.94. The van der Waals surface area contributed by atoms with Gasteiger partial charge < -0.3 is 14.6 Å². The Kier molecular flexibility index (Phi) is 4.29. The van der Waals surface area contributed by atoms with E-state index in [9.17, 15) is 0 Å². The van der Waals surface area contributed by atoms with E-state index in [4.69, 9.17) is 14.6 Å². The largest absolute Gasteiger partial charge is 0.493 e.